The number of nitrogens with one attached hydrogen (secondary N) is 1. The van der Waals surface area contributed by atoms with Crippen LogP contribution in [0.15, 0.2) is 12.3 Å². The van der Waals surface area contributed by atoms with Crippen LogP contribution >= 0.6 is 0 Å². The van der Waals surface area contributed by atoms with E-state index in [1.165, 1.54) is 4.90 Å². The van der Waals surface area contributed by atoms with Crippen molar-refractivity contribution in [2.24, 2.45) is 0 Å². The van der Waals surface area contributed by atoms with Crippen LogP contribution in [-0.4, -0.2) is 63.1 Å². The van der Waals surface area contributed by atoms with Crippen molar-refractivity contribution in [3.05, 3.63) is 18.0 Å². The van der Waals surface area contributed by atoms with E-state index in [0.717, 1.165) is 23.6 Å². The summed E-state index contributed by atoms with van der Waals surface area (Å²) in [5, 5.41) is 7.05. The fourth-order valence-electron chi connectivity index (χ4n) is 2.91. The zero-order chi connectivity index (χ0) is 15.7. The maximum Gasteiger partial charge on any atom is 0.324 e. The highest BCUT2D eigenvalue weighted by atomic mass is 16.2. The summed E-state index contributed by atoms with van der Waals surface area (Å²) >= 11 is 0. The Bertz CT molecular complexity index is 611. The minimum absolute atomic E-state index is 0.0381. The topological polar surface area (TPSA) is 87.5 Å². The van der Waals surface area contributed by atoms with Crippen LogP contribution in [0.25, 0.3) is 0 Å². The van der Waals surface area contributed by atoms with E-state index in [-0.39, 0.29) is 12.6 Å². The molecule has 1 aromatic heterocycles. The number of carbonyl (C=O) groups is 3. The van der Waals surface area contributed by atoms with Gasteiger partial charge in [0.1, 0.15) is 0 Å². The minimum Gasteiger partial charge on any atom is -0.334 e. The third-order valence-corrected chi connectivity index (χ3v) is 4.21. The first kappa shape index (κ1) is 14.6. The maximum atomic E-state index is 12.3. The Balaban J connectivity index is 1.61. The van der Waals surface area contributed by atoms with Crippen molar-refractivity contribution in [1.82, 2.24) is 24.9 Å². The van der Waals surface area contributed by atoms with Crippen molar-refractivity contribution >= 4 is 17.8 Å². The molecule has 0 spiro atoms. The van der Waals surface area contributed by atoms with Gasteiger partial charge in [-0.2, -0.15) is 5.10 Å². The number of fused-ring (bicyclic) bond motifs is 1. The van der Waals surface area contributed by atoms with E-state index in [2.05, 4.69) is 10.4 Å². The van der Waals surface area contributed by atoms with Gasteiger partial charge in [0.25, 0.3) is 0 Å². The zero-order valence-corrected chi connectivity index (χ0v) is 12.5. The Morgan fingerprint density at radius 2 is 2.14 bits per heavy atom. The third-order valence-electron chi connectivity index (χ3n) is 4.21. The number of urea groups is 1. The van der Waals surface area contributed by atoms with Crippen LogP contribution in [-0.2, 0) is 22.6 Å². The molecule has 1 N–H and O–H groups in total. The largest absolute Gasteiger partial charge is 0.334 e. The van der Waals surface area contributed by atoms with Crippen LogP contribution in [0.4, 0.5) is 4.79 Å². The molecule has 1 atom stereocenters. The number of carbonyl (C=O) groups excluding carboxylic acids is 3. The molecular weight excluding hydrogens is 286 g/mol. The number of nitrogens with zero attached hydrogens (tertiary/aromatic N) is 4. The molecule has 0 radical (unpaired) electrons. The van der Waals surface area contributed by atoms with Crippen LogP contribution in [0.5, 0.6) is 0 Å². The number of hydrogen-bond acceptors (Lipinski definition) is 4. The molecule has 2 aliphatic heterocycles. The molecule has 2 aliphatic rings. The SMILES string of the molecule is CCN1CCN(C(=O)N[C@H]2CCn3nccc3C2)C(=O)C1=O. The molecule has 0 bridgehead atoms. The van der Waals surface area contributed by atoms with Crippen LogP contribution in [0.1, 0.15) is 19.0 Å². The van der Waals surface area contributed by atoms with Gasteiger partial charge in [-0.1, -0.05) is 0 Å². The molecule has 22 heavy (non-hydrogen) atoms. The fraction of sp³-hybridized carbons (Fsp3) is 0.571. The van der Waals surface area contributed by atoms with Crippen molar-refractivity contribution in [2.75, 3.05) is 19.6 Å². The predicted molar refractivity (Wildman–Crippen MR) is 76.8 cm³/mol. The van der Waals surface area contributed by atoms with E-state index < -0.39 is 17.8 Å². The summed E-state index contributed by atoms with van der Waals surface area (Å²) < 4.78 is 1.91. The van der Waals surface area contributed by atoms with Gasteiger partial charge in [-0.05, 0) is 19.4 Å². The van der Waals surface area contributed by atoms with Gasteiger partial charge < -0.3 is 10.2 Å². The Hall–Kier alpha value is -2.38. The molecule has 1 fully saturated rings. The third kappa shape index (κ3) is 2.56. The summed E-state index contributed by atoms with van der Waals surface area (Å²) in [7, 11) is 0. The normalized spacial score (nSPS) is 21.8. The highest BCUT2D eigenvalue weighted by Gasteiger charge is 2.36. The van der Waals surface area contributed by atoms with Gasteiger partial charge in [0.2, 0.25) is 0 Å². The lowest BCUT2D eigenvalue weighted by Crippen LogP contribution is -2.59. The molecule has 1 aromatic rings. The molecule has 0 unspecified atom stereocenters. The monoisotopic (exact) mass is 305 g/mol. The molecule has 0 aliphatic carbocycles. The molecule has 0 aromatic carbocycles. The van der Waals surface area contributed by atoms with Gasteiger partial charge in [-0.25, -0.2) is 4.79 Å². The average Bonchev–Trinajstić information content (AvgIpc) is 2.97. The standard InChI is InChI=1S/C14H19N5O3/c1-2-17-7-8-18(13(21)12(17)20)14(22)16-10-4-6-19-11(9-10)3-5-15-19/h3,5,10H,2,4,6-9H2,1H3,(H,16,22)/t10-/m0/s1. The number of piperazine rings is 1. The second-order valence-electron chi connectivity index (χ2n) is 5.53. The maximum absolute atomic E-state index is 12.3. The van der Waals surface area contributed by atoms with E-state index in [0.29, 0.717) is 19.5 Å². The van der Waals surface area contributed by atoms with E-state index in [1.807, 2.05) is 17.7 Å². The quantitative estimate of drug-likeness (QED) is 0.753. The zero-order valence-electron chi connectivity index (χ0n) is 12.5. The molecule has 118 valence electrons. The van der Waals surface area contributed by atoms with E-state index in [4.69, 9.17) is 0 Å². The van der Waals surface area contributed by atoms with Gasteiger partial charge in [-0.15, -0.1) is 0 Å². The van der Waals surface area contributed by atoms with Crippen molar-refractivity contribution in [3.63, 3.8) is 0 Å². The molecule has 0 saturated carbocycles. The number of hydrogen-bond donors (Lipinski definition) is 1. The van der Waals surface area contributed by atoms with Gasteiger partial charge in [-0.3, -0.25) is 19.2 Å². The van der Waals surface area contributed by atoms with Crippen LogP contribution in [0.3, 0.4) is 0 Å². The van der Waals surface area contributed by atoms with Gasteiger partial charge in [0.05, 0.1) is 0 Å². The van der Waals surface area contributed by atoms with E-state index >= 15 is 0 Å². The van der Waals surface area contributed by atoms with Gasteiger partial charge in [0.15, 0.2) is 0 Å². The predicted octanol–water partition coefficient (Wildman–Crippen LogP) is -0.402. The first-order valence-corrected chi connectivity index (χ1v) is 7.52. The lowest BCUT2D eigenvalue weighted by Gasteiger charge is -2.33. The molecule has 3 heterocycles. The molecule has 8 heteroatoms. The van der Waals surface area contributed by atoms with Gasteiger partial charge >= 0.3 is 17.8 Å². The number of imide groups is 1. The number of amides is 4. The molecule has 1 saturated heterocycles. The summed E-state index contributed by atoms with van der Waals surface area (Å²) in [6.45, 7) is 3.67. The van der Waals surface area contributed by atoms with Crippen molar-refractivity contribution < 1.29 is 14.4 Å². The fourth-order valence-corrected chi connectivity index (χ4v) is 2.91. The first-order chi connectivity index (χ1) is 10.6. The summed E-state index contributed by atoms with van der Waals surface area (Å²) in [6.07, 6.45) is 3.19. The Morgan fingerprint density at radius 3 is 2.91 bits per heavy atom. The average molecular weight is 305 g/mol. The van der Waals surface area contributed by atoms with E-state index in [9.17, 15) is 14.4 Å². The van der Waals surface area contributed by atoms with Crippen LogP contribution in [0, 0.1) is 0 Å². The molecule has 4 amide bonds. The van der Waals surface area contributed by atoms with Gasteiger partial charge in [0, 0.05) is 50.5 Å². The number of aromatic nitrogens is 2. The second-order valence-corrected chi connectivity index (χ2v) is 5.53. The van der Waals surface area contributed by atoms with Crippen LogP contribution in [0.2, 0.25) is 0 Å². The highest BCUT2D eigenvalue weighted by molar-refractivity contribution is 6.38. The Kier molecular flexibility index (Phi) is 3.82. The number of rotatable bonds is 2. The summed E-state index contributed by atoms with van der Waals surface area (Å²) in [6, 6.07) is 1.41. The van der Waals surface area contributed by atoms with Crippen molar-refractivity contribution in [1.29, 1.82) is 0 Å². The van der Waals surface area contributed by atoms with E-state index in [1.54, 1.807) is 6.20 Å². The lowest BCUT2D eigenvalue weighted by molar-refractivity contribution is -0.153. The molecule has 3 rings (SSSR count). The smallest absolute Gasteiger partial charge is 0.324 e. The summed E-state index contributed by atoms with van der Waals surface area (Å²) in [4.78, 5) is 38.6. The molecule has 8 nitrogen and oxygen atoms in total. The summed E-state index contributed by atoms with van der Waals surface area (Å²) in [5.41, 5.74) is 1.06. The Labute approximate surface area is 128 Å². The lowest BCUT2D eigenvalue weighted by atomic mass is 10.0. The Morgan fingerprint density at radius 1 is 1.32 bits per heavy atom. The highest BCUT2D eigenvalue weighted by Crippen LogP contribution is 2.14. The van der Waals surface area contributed by atoms with Crippen molar-refractivity contribution in [2.45, 2.75) is 32.4 Å². The van der Waals surface area contributed by atoms with Crippen molar-refractivity contribution in [3.8, 4) is 0 Å². The number of aryl methyl sites for hydroxylation is 1. The summed E-state index contributed by atoms with van der Waals surface area (Å²) in [5.74, 6) is -1.35. The second kappa shape index (κ2) is 5.78. The van der Waals surface area contributed by atoms with Crippen LogP contribution < -0.4 is 5.32 Å². The number of likely N-dealkylation sites (N-methyl/N-ethyl adjacent to an activating group) is 1. The first-order valence-electron chi connectivity index (χ1n) is 7.52. The molecular formula is C14H19N5O3. The minimum atomic E-state index is -0.744.